The molecule has 0 spiro atoms. The zero-order valence-corrected chi connectivity index (χ0v) is 11.0. The summed E-state index contributed by atoms with van der Waals surface area (Å²) in [6.07, 6.45) is 3.43. The Bertz CT molecular complexity index is 558. The van der Waals surface area contributed by atoms with Gasteiger partial charge in [0.2, 0.25) is 0 Å². The van der Waals surface area contributed by atoms with Gasteiger partial charge >= 0.3 is 0 Å². The van der Waals surface area contributed by atoms with Crippen LogP contribution >= 0.6 is 22.9 Å². The van der Waals surface area contributed by atoms with Crippen molar-refractivity contribution in [1.29, 1.82) is 0 Å². The molecular weight excluding hydrogens is 240 g/mol. The molecule has 0 amide bonds. The molecule has 1 fully saturated rings. The minimum absolute atomic E-state index is 0.564. The Hall–Kier alpha value is -0.670. The highest BCUT2D eigenvalue weighted by atomic mass is 35.5. The van der Waals surface area contributed by atoms with E-state index in [1.807, 2.05) is 0 Å². The van der Waals surface area contributed by atoms with Crippen molar-refractivity contribution < 1.29 is 0 Å². The molecule has 1 aliphatic carbocycles. The van der Waals surface area contributed by atoms with Crippen molar-refractivity contribution in [2.24, 2.45) is 0 Å². The van der Waals surface area contributed by atoms with E-state index >= 15 is 0 Å². The van der Waals surface area contributed by atoms with Crippen LogP contribution in [0.5, 0.6) is 0 Å². The van der Waals surface area contributed by atoms with Gasteiger partial charge in [-0.15, -0.1) is 11.3 Å². The van der Waals surface area contributed by atoms with Crippen LogP contribution in [0.2, 0.25) is 5.15 Å². The molecule has 4 heteroatoms. The summed E-state index contributed by atoms with van der Waals surface area (Å²) in [7, 11) is 0. The summed E-state index contributed by atoms with van der Waals surface area (Å²) in [6.45, 7) is 4.29. The van der Waals surface area contributed by atoms with Gasteiger partial charge in [-0.3, -0.25) is 0 Å². The third-order valence-corrected chi connectivity index (χ3v) is 4.44. The first kappa shape index (κ1) is 10.5. The summed E-state index contributed by atoms with van der Waals surface area (Å²) in [5.41, 5.74) is 1.31. The summed E-state index contributed by atoms with van der Waals surface area (Å²) in [4.78, 5) is 11.5. The minimum Gasteiger partial charge on any atom is -0.222 e. The van der Waals surface area contributed by atoms with Crippen LogP contribution in [0.3, 0.4) is 0 Å². The van der Waals surface area contributed by atoms with Gasteiger partial charge in [-0.05, 0) is 31.7 Å². The molecule has 0 radical (unpaired) electrons. The van der Waals surface area contributed by atoms with E-state index in [0.29, 0.717) is 11.1 Å². The van der Waals surface area contributed by atoms with Gasteiger partial charge in [0.05, 0.1) is 5.39 Å². The summed E-state index contributed by atoms with van der Waals surface area (Å²) in [6, 6.07) is 0. The Kier molecular flexibility index (Phi) is 2.41. The minimum atomic E-state index is 0.564. The standard InChI is InChI=1S/C12H13ClN2S/c1-3-8-6(2)16-12-9(8)10(13)14-11(15-12)7-4-5-7/h7H,3-5H2,1-2H3. The number of fused-ring (bicyclic) bond motifs is 1. The molecule has 0 N–H and O–H groups in total. The average molecular weight is 253 g/mol. The maximum absolute atomic E-state index is 6.29. The number of hydrogen-bond donors (Lipinski definition) is 0. The van der Waals surface area contributed by atoms with Crippen LogP contribution in [0.4, 0.5) is 0 Å². The molecule has 0 aliphatic heterocycles. The van der Waals surface area contributed by atoms with Crippen molar-refractivity contribution >= 4 is 33.2 Å². The number of thiophene rings is 1. The van der Waals surface area contributed by atoms with Crippen molar-refractivity contribution in [3.05, 3.63) is 21.4 Å². The number of nitrogens with zero attached hydrogens (tertiary/aromatic N) is 2. The molecule has 0 unspecified atom stereocenters. The molecular formula is C12H13ClN2S. The predicted molar refractivity (Wildman–Crippen MR) is 68.5 cm³/mol. The number of halogens is 1. The lowest BCUT2D eigenvalue weighted by Crippen LogP contribution is -1.93. The average Bonchev–Trinajstić information content (AvgIpc) is 3.02. The highest BCUT2D eigenvalue weighted by Gasteiger charge is 2.28. The lowest BCUT2D eigenvalue weighted by atomic mass is 10.1. The van der Waals surface area contributed by atoms with E-state index in [0.717, 1.165) is 22.5 Å². The summed E-state index contributed by atoms with van der Waals surface area (Å²) >= 11 is 8.03. The largest absolute Gasteiger partial charge is 0.222 e. The zero-order chi connectivity index (χ0) is 11.3. The highest BCUT2D eigenvalue weighted by Crippen LogP contribution is 2.41. The molecule has 0 atom stereocenters. The first-order valence-corrected chi connectivity index (χ1v) is 6.85. The van der Waals surface area contributed by atoms with E-state index in [1.54, 1.807) is 11.3 Å². The molecule has 1 aliphatic rings. The first-order valence-electron chi connectivity index (χ1n) is 5.66. The maximum atomic E-state index is 6.29. The molecule has 2 aromatic heterocycles. The van der Waals surface area contributed by atoms with Crippen LogP contribution in [-0.4, -0.2) is 9.97 Å². The smallest absolute Gasteiger partial charge is 0.141 e. The van der Waals surface area contributed by atoms with Gasteiger partial charge in [0, 0.05) is 10.8 Å². The van der Waals surface area contributed by atoms with Gasteiger partial charge in [-0.25, -0.2) is 9.97 Å². The van der Waals surface area contributed by atoms with Gasteiger partial charge in [0.25, 0.3) is 0 Å². The molecule has 3 rings (SSSR count). The van der Waals surface area contributed by atoms with E-state index in [9.17, 15) is 0 Å². The molecule has 2 aromatic rings. The first-order chi connectivity index (χ1) is 7.70. The number of hydrogen-bond acceptors (Lipinski definition) is 3. The lowest BCUT2D eigenvalue weighted by molar-refractivity contribution is 0.950. The molecule has 0 saturated heterocycles. The van der Waals surface area contributed by atoms with Gasteiger partial charge in [-0.1, -0.05) is 18.5 Å². The summed E-state index contributed by atoms with van der Waals surface area (Å²) in [5.74, 6) is 1.51. The van der Waals surface area contributed by atoms with E-state index in [4.69, 9.17) is 11.6 Å². The van der Waals surface area contributed by atoms with Gasteiger partial charge in [0.1, 0.15) is 15.8 Å². The Labute approximate surface area is 104 Å². The van der Waals surface area contributed by atoms with Crippen LogP contribution in [0.15, 0.2) is 0 Å². The monoisotopic (exact) mass is 252 g/mol. The van der Waals surface area contributed by atoms with Crippen molar-refractivity contribution in [3.8, 4) is 0 Å². The van der Waals surface area contributed by atoms with Crippen LogP contribution < -0.4 is 0 Å². The van der Waals surface area contributed by atoms with Crippen LogP contribution in [0.25, 0.3) is 10.2 Å². The van der Waals surface area contributed by atoms with E-state index in [2.05, 4.69) is 23.8 Å². The van der Waals surface area contributed by atoms with E-state index in [1.165, 1.54) is 23.3 Å². The second-order valence-corrected chi connectivity index (χ2v) is 5.88. The number of aromatic nitrogens is 2. The predicted octanol–water partition coefficient (Wildman–Crippen LogP) is 4.09. The van der Waals surface area contributed by atoms with Gasteiger partial charge in [0.15, 0.2) is 0 Å². The van der Waals surface area contributed by atoms with Gasteiger partial charge in [-0.2, -0.15) is 0 Å². The Morgan fingerprint density at radius 2 is 2.12 bits per heavy atom. The Morgan fingerprint density at radius 3 is 2.75 bits per heavy atom. The molecule has 84 valence electrons. The molecule has 0 aromatic carbocycles. The highest BCUT2D eigenvalue weighted by molar-refractivity contribution is 7.18. The van der Waals surface area contributed by atoms with Crippen molar-refractivity contribution in [3.63, 3.8) is 0 Å². The lowest BCUT2D eigenvalue weighted by Gasteiger charge is -2.01. The molecule has 1 saturated carbocycles. The second kappa shape index (κ2) is 3.67. The number of aryl methyl sites for hydroxylation is 2. The normalized spacial score (nSPS) is 15.9. The quantitative estimate of drug-likeness (QED) is 0.753. The second-order valence-electron chi connectivity index (χ2n) is 4.32. The fourth-order valence-electron chi connectivity index (χ4n) is 2.09. The number of rotatable bonds is 2. The van der Waals surface area contributed by atoms with E-state index < -0.39 is 0 Å². The fraction of sp³-hybridized carbons (Fsp3) is 0.500. The Morgan fingerprint density at radius 1 is 1.38 bits per heavy atom. The molecule has 0 bridgehead atoms. The summed E-state index contributed by atoms with van der Waals surface area (Å²) in [5, 5.41) is 1.73. The van der Waals surface area contributed by atoms with E-state index in [-0.39, 0.29) is 0 Å². The molecule has 16 heavy (non-hydrogen) atoms. The topological polar surface area (TPSA) is 25.8 Å². The molecule has 2 nitrogen and oxygen atoms in total. The third kappa shape index (κ3) is 1.54. The van der Waals surface area contributed by atoms with Crippen LogP contribution in [-0.2, 0) is 6.42 Å². The van der Waals surface area contributed by atoms with Crippen LogP contribution in [0.1, 0.15) is 41.9 Å². The maximum Gasteiger partial charge on any atom is 0.141 e. The van der Waals surface area contributed by atoms with Crippen molar-refractivity contribution in [2.75, 3.05) is 0 Å². The van der Waals surface area contributed by atoms with Crippen molar-refractivity contribution in [2.45, 2.75) is 39.0 Å². The third-order valence-electron chi connectivity index (χ3n) is 3.12. The fourth-order valence-corrected chi connectivity index (χ4v) is 3.56. The SMILES string of the molecule is CCc1c(C)sc2nc(C3CC3)nc(Cl)c12. The Balaban J connectivity index is 2.27. The zero-order valence-electron chi connectivity index (χ0n) is 9.38. The molecule has 2 heterocycles. The summed E-state index contributed by atoms with van der Waals surface area (Å²) < 4.78 is 0. The van der Waals surface area contributed by atoms with Crippen LogP contribution in [0, 0.1) is 6.92 Å². The van der Waals surface area contributed by atoms with Gasteiger partial charge < -0.3 is 0 Å². The van der Waals surface area contributed by atoms with Crippen molar-refractivity contribution in [1.82, 2.24) is 9.97 Å².